The molecule has 1 fully saturated rings. The van der Waals surface area contributed by atoms with E-state index in [0.717, 1.165) is 17.8 Å². The number of aliphatic carboxylic acids is 1. The third-order valence-corrected chi connectivity index (χ3v) is 7.27. The maximum Gasteiger partial charge on any atom is 0.320 e. The summed E-state index contributed by atoms with van der Waals surface area (Å²) >= 11 is 6.84. The molecule has 3 atom stereocenters. The molecule has 0 radical (unpaired) electrons. The van der Waals surface area contributed by atoms with Crippen LogP contribution in [0.3, 0.4) is 0 Å². The molecule has 2 aliphatic rings. The minimum absolute atomic E-state index is 0.00196. The first-order chi connectivity index (χ1) is 14.6. The van der Waals surface area contributed by atoms with Crippen molar-refractivity contribution in [2.24, 2.45) is 10.9 Å². The Balaban J connectivity index is 1.74. The summed E-state index contributed by atoms with van der Waals surface area (Å²) in [5, 5.41) is 15.7. The minimum Gasteiger partial charge on any atom is -0.480 e. The van der Waals surface area contributed by atoms with Gasteiger partial charge in [0, 0.05) is 36.5 Å². The molecule has 1 aromatic heterocycles. The Kier molecular flexibility index (Phi) is 5.17. The fourth-order valence-corrected chi connectivity index (χ4v) is 5.37. The molecule has 31 heavy (non-hydrogen) atoms. The van der Waals surface area contributed by atoms with E-state index in [0.29, 0.717) is 10.2 Å². The van der Waals surface area contributed by atoms with Gasteiger partial charge in [-0.3, -0.25) is 14.6 Å². The lowest BCUT2D eigenvalue weighted by Crippen LogP contribution is -2.40. The summed E-state index contributed by atoms with van der Waals surface area (Å²) in [7, 11) is 1.58. The first-order valence-electron chi connectivity index (χ1n) is 9.23. The van der Waals surface area contributed by atoms with E-state index in [1.54, 1.807) is 14.0 Å². The largest absolute Gasteiger partial charge is 0.480 e. The molecular formula is C20H17ClF2N4O3S. The van der Waals surface area contributed by atoms with Crippen LogP contribution in [0, 0.1) is 17.6 Å². The topological polar surface area (TPSA) is 104 Å². The molecule has 0 spiro atoms. The molecule has 2 aromatic rings. The Bertz CT molecular complexity index is 1130. The standard InChI is InChI=1S/C20H17ClF2N4O3S/c1-19(14-7-20(14,17(29)30)31-18(24-2)27-19)11-5-10(6-12(22)15(11)23)26-16(28)13-4-3-9(21)8-25-13/h3-6,8,14H,7H2,1-2H3,(H,24,27)(H,26,28)(H,29,30)/t14-,19+,20-/m0/s1. The number of amidine groups is 1. The number of carbonyl (C=O) groups is 2. The predicted octanol–water partition coefficient (Wildman–Crippen LogP) is 3.65. The highest BCUT2D eigenvalue weighted by atomic mass is 35.5. The highest BCUT2D eigenvalue weighted by Gasteiger charge is 2.71. The van der Waals surface area contributed by atoms with Crippen molar-refractivity contribution >= 4 is 46.1 Å². The molecule has 162 valence electrons. The van der Waals surface area contributed by atoms with Crippen molar-refractivity contribution in [3.8, 4) is 0 Å². The molecule has 1 amide bonds. The van der Waals surface area contributed by atoms with Gasteiger partial charge in [-0.15, -0.1) is 0 Å². The number of aromatic nitrogens is 1. The molecule has 0 bridgehead atoms. The van der Waals surface area contributed by atoms with Crippen LogP contribution in [-0.2, 0) is 10.3 Å². The summed E-state index contributed by atoms with van der Waals surface area (Å²) in [4.78, 5) is 32.7. The van der Waals surface area contributed by atoms with E-state index in [4.69, 9.17) is 11.6 Å². The van der Waals surface area contributed by atoms with Gasteiger partial charge in [-0.25, -0.2) is 13.8 Å². The van der Waals surface area contributed by atoms with Crippen molar-refractivity contribution < 1.29 is 23.5 Å². The zero-order chi connectivity index (χ0) is 22.6. The van der Waals surface area contributed by atoms with Crippen LogP contribution in [0.5, 0.6) is 0 Å². The van der Waals surface area contributed by atoms with Gasteiger partial charge in [0.1, 0.15) is 10.4 Å². The molecule has 4 rings (SSSR count). The smallest absolute Gasteiger partial charge is 0.320 e. The van der Waals surface area contributed by atoms with Crippen molar-refractivity contribution in [3.05, 3.63) is 58.4 Å². The van der Waals surface area contributed by atoms with Crippen LogP contribution in [0.4, 0.5) is 14.5 Å². The number of anilines is 1. The maximum absolute atomic E-state index is 14.9. The van der Waals surface area contributed by atoms with Crippen LogP contribution in [0.25, 0.3) is 0 Å². The van der Waals surface area contributed by atoms with Crippen LogP contribution < -0.4 is 10.6 Å². The first kappa shape index (κ1) is 21.5. The van der Waals surface area contributed by atoms with Crippen molar-refractivity contribution in [3.63, 3.8) is 0 Å². The average Bonchev–Trinajstić information content (AvgIpc) is 3.48. The summed E-state index contributed by atoms with van der Waals surface area (Å²) in [6, 6.07) is 5.01. The third kappa shape index (κ3) is 3.53. The lowest BCUT2D eigenvalue weighted by Gasteiger charge is -2.33. The van der Waals surface area contributed by atoms with Gasteiger partial charge in [-0.1, -0.05) is 23.4 Å². The van der Waals surface area contributed by atoms with Gasteiger partial charge in [-0.05, 0) is 31.5 Å². The number of pyridine rings is 1. The van der Waals surface area contributed by atoms with Gasteiger partial charge in [0.15, 0.2) is 16.8 Å². The van der Waals surface area contributed by atoms with E-state index in [9.17, 15) is 23.5 Å². The number of rotatable bonds is 4. The van der Waals surface area contributed by atoms with Gasteiger partial charge in [-0.2, -0.15) is 0 Å². The van der Waals surface area contributed by atoms with Gasteiger partial charge >= 0.3 is 5.97 Å². The minimum atomic E-state index is -1.34. The number of thioether (sulfide) groups is 1. The first-order valence-corrected chi connectivity index (χ1v) is 10.4. The van der Waals surface area contributed by atoms with Crippen LogP contribution in [-0.4, -0.2) is 38.9 Å². The number of fused-ring (bicyclic) bond motifs is 1. The number of hydrogen-bond donors (Lipinski definition) is 3. The van der Waals surface area contributed by atoms with Crippen LogP contribution >= 0.6 is 23.4 Å². The maximum atomic E-state index is 14.9. The van der Waals surface area contributed by atoms with E-state index in [2.05, 4.69) is 20.6 Å². The summed E-state index contributed by atoms with van der Waals surface area (Å²) in [6.07, 6.45) is 1.55. The number of carboxylic acids is 1. The number of carboxylic acid groups (broad SMARTS) is 1. The van der Waals surface area contributed by atoms with E-state index in [1.807, 2.05) is 0 Å². The molecule has 1 aliphatic carbocycles. The summed E-state index contributed by atoms with van der Waals surface area (Å²) in [5.41, 5.74) is -1.43. The molecule has 1 saturated carbocycles. The van der Waals surface area contributed by atoms with E-state index in [-0.39, 0.29) is 23.4 Å². The highest BCUT2D eigenvalue weighted by molar-refractivity contribution is 8.15. The molecule has 7 nitrogen and oxygen atoms in total. The number of carbonyl (C=O) groups excluding carboxylic acids is 1. The normalized spacial score (nSPS) is 26.5. The summed E-state index contributed by atoms with van der Waals surface area (Å²) < 4.78 is 28.2. The molecule has 1 aromatic carbocycles. The third-order valence-electron chi connectivity index (χ3n) is 5.57. The molecule has 0 unspecified atom stereocenters. The second-order valence-corrected chi connectivity index (χ2v) is 9.26. The second-order valence-electron chi connectivity index (χ2n) is 7.50. The van der Waals surface area contributed by atoms with Crippen LogP contribution in [0.2, 0.25) is 5.02 Å². The molecule has 2 heterocycles. The van der Waals surface area contributed by atoms with Crippen LogP contribution in [0.15, 0.2) is 35.5 Å². The van der Waals surface area contributed by atoms with Crippen molar-refractivity contribution in [2.45, 2.75) is 23.6 Å². The highest BCUT2D eigenvalue weighted by Crippen LogP contribution is 2.66. The number of hydrogen-bond acceptors (Lipinski definition) is 6. The van der Waals surface area contributed by atoms with Gasteiger partial charge < -0.3 is 15.7 Å². The fraction of sp³-hybridized carbons (Fsp3) is 0.300. The predicted molar refractivity (Wildman–Crippen MR) is 113 cm³/mol. The summed E-state index contributed by atoms with van der Waals surface area (Å²) in [6.45, 7) is 1.57. The molecule has 11 heteroatoms. The van der Waals surface area contributed by atoms with Gasteiger partial charge in [0.05, 0.1) is 10.6 Å². The van der Waals surface area contributed by atoms with Crippen molar-refractivity contribution in [1.82, 2.24) is 10.3 Å². The number of nitrogens with zero attached hydrogens (tertiary/aromatic N) is 2. The molecule has 3 N–H and O–H groups in total. The Morgan fingerprint density at radius 1 is 1.32 bits per heavy atom. The van der Waals surface area contributed by atoms with Crippen molar-refractivity contribution in [2.75, 3.05) is 12.4 Å². The average molecular weight is 467 g/mol. The zero-order valence-electron chi connectivity index (χ0n) is 16.4. The monoisotopic (exact) mass is 466 g/mol. The Morgan fingerprint density at radius 2 is 2.06 bits per heavy atom. The Morgan fingerprint density at radius 3 is 2.68 bits per heavy atom. The van der Waals surface area contributed by atoms with Crippen molar-refractivity contribution in [1.29, 1.82) is 0 Å². The fourth-order valence-electron chi connectivity index (χ4n) is 3.86. The number of benzene rings is 1. The zero-order valence-corrected chi connectivity index (χ0v) is 17.9. The van der Waals surface area contributed by atoms with E-state index in [1.165, 1.54) is 24.4 Å². The van der Waals surface area contributed by atoms with E-state index < -0.39 is 39.7 Å². The van der Waals surface area contributed by atoms with Gasteiger partial charge in [0.25, 0.3) is 5.91 Å². The lowest BCUT2D eigenvalue weighted by molar-refractivity contribution is -0.137. The Labute approximate surface area is 185 Å². The van der Waals surface area contributed by atoms with E-state index >= 15 is 0 Å². The molecule has 0 saturated heterocycles. The molecular weight excluding hydrogens is 450 g/mol. The van der Waals surface area contributed by atoms with Gasteiger partial charge in [0.2, 0.25) is 0 Å². The second kappa shape index (κ2) is 7.45. The summed E-state index contributed by atoms with van der Waals surface area (Å²) in [5.74, 6) is -4.53. The SMILES string of the molecule is CNC1=N[C@](C)(c2cc(NC(=O)c3ccc(Cl)cn3)cc(F)c2F)[C@@H]2C[C@]2(C(=O)O)S1. The quantitative estimate of drug-likeness (QED) is 0.635. The number of amides is 1. The lowest BCUT2D eigenvalue weighted by atomic mass is 9.85. The number of halogens is 3. The number of aliphatic imine (C=N–C) groups is 1. The Hall–Kier alpha value is -2.72. The number of nitrogens with one attached hydrogen (secondary N) is 2. The van der Waals surface area contributed by atoms with Crippen LogP contribution in [0.1, 0.15) is 29.4 Å². The molecule has 1 aliphatic heterocycles.